The van der Waals surface area contributed by atoms with Gasteiger partial charge in [-0.2, -0.15) is 11.8 Å². The lowest BCUT2D eigenvalue weighted by Crippen LogP contribution is -2.26. The molecule has 0 aliphatic heterocycles. The molecule has 0 radical (unpaired) electrons. The number of thioether (sulfide) groups is 1. The first-order valence-electron chi connectivity index (χ1n) is 5.89. The van der Waals surface area contributed by atoms with E-state index in [9.17, 15) is 4.79 Å². The summed E-state index contributed by atoms with van der Waals surface area (Å²) in [5, 5.41) is 11.4. The molecule has 0 saturated carbocycles. The van der Waals surface area contributed by atoms with Crippen LogP contribution in [0.15, 0.2) is 18.3 Å². The van der Waals surface area contributed by atoms with Crippen molar-refractivity contribution in [1.29, 1.82) is 0 Å². The number of aliphatic hydroxyl groups is 1. The first-order valence-corrected chi connectivity index (χ1v) is 7.05. The smallest absolute Gasteiger partial charge is 0.251 e. The molecule has 1 heterocycles. The van der Waals surface area contributed by atoms with Crippen LogP contribution in [-0.2, 0) is 6.54 Å². The number of hydrogen-bond donors (Lipinski definition) is 3. The van der Waals surface area contributed by atoms with Gasteiger partial charge >= 0.3 is 0 Å². The molecule has 0 aliphatic carbocycles. The van der Waals surface area contributed by atoms with Crippen LogP contribution in [0.3, 0.4) is 0 Å². The van der Waals surface area contributed by atoms with Gasteiger partial charge in [0.1, 0.15) is 0 Å². The maximum atomic E-state index is 11.8. The zero-order valence-electron chi connectivity index (χ0n) is 10.3. The first-order chi connectivity index (χ1) is 8.77. The third kappa shape index (κ3) is 5.48. The summed E-state index contributed by atoms with van der Waals surface area (Å²) in [6.45, 7) is 1.17. The lowest BCUT2D eigenvalue weighted by molar-refractivity contribution is 0.0956. The molecule has 4 N–H and O–H groups in total. The predicted octanol–water partition coefficient (Wildman–Crippen LogP) is 0.386. The molecule has 0 saturated heterocycles. The number of rotatable bonds is 8. The second-order valence-electron chi connectivity index (χ2n) is 3.69. The van der Waals surface area contributed by atoms with Gasteiger partial charge in [0.05, 0.1) is 5.69 Å². The van der Waals surface area contributed by atoms with E-state index in [0.717, 1.165) is 17.9 Å². The molecular formula is C12H19N3O2S. The van der Waals surface area contributed by atoms with Crippen molar-refractivity contribution in [3.63, 3.8) is 0 Å². The number of hydrogen-bond acceptors (Lipinski definition) is 5. The highest BCUT2D eigenvalue weighted by Gasteiger charge is 2.05. The van der Waals surface area contributed by atoms with Gasteiger partial charge in [0.25, 0.3) is 5.91 Å². The van der Waals surface area contributed by atoms with Crippen LogP contribution in [0.2, 0.25) is 0 Å². The maximum absolute atomic E-state index is 11.8. The predicted molar refractivity (Wildman–Crippen MR) is 73.5 cm³/mol. The van der Waals surface area contributed by atoms with Crippen LogP contribution in [-0.4, -0.2) is 40.7 Å². The molecule has 0 aromatic carbocycles. The summed E-state index contributed by atoms with van der Waals surface area (Å²) in [5.41, 5.74) is 6.77. The fraction of sp³-hybridized carbons (Fsp3) is 0.500. The fourth-order valence-corrected chi connectivity index (χ4v) is 2.12. The molecule has 1 amide bonds. The Morgan fingerprint density at radius 2 is 2.33 bits per heavy atom. The summed E-state index contributed by atoms with van der Waals surface area (Å²) in [7, 11) is 0. The topological polar surface area (TPSA) is 88.2 Å². The van der Waals surface area contributed by atoms with Gasteiger partial charge in [-0.3, -0.25) is 9.78 Å². The fourth-order valence-electron chi connectivity index (χ4n) is 1.34. The van der Waals surface area contributed by atoms with Crippen LogP contribution < -0.4 is 11.1 Å². The van der Waals surface area contributed by atoms with Crippen molar-refractivity contribution in [3.8, 4) is 0 Å². The van der Waals surface area contributed by atoms with Crippen molar-refractivity contribution < 1.29 is 9.90 Å². The minimum absolute atomic E-state index is 0.102. The van der Waals surface area contributed by atoms with E-state index in [1.807, 2.05) is 0 Å². The van der Waals surface area contributed by atoms with Crippen molar-refractivity contribution in [2.24, 2.45) is 5.73 Å². The molecule has 1 rings (SSSR count). The molecule has 100 valence electrons. The van der Waals surface area contributed by atoms with Crippen LogP contribution in [0.4, 0.5) is 0 Å². The molecule has 0 aliphatic rings. The average molecular weight is 269 g/mol. The third-order valence-electron chi connectivity index (χ3n) is 2.27. The number of carbonyl (C=O) groups is 1. The van der Waals surface area contributed by atoms with Gasteiger partial charge in [-0.1, -0.05) is 0 Å². The normalized spacial score (nSPS) is 10.3. The molecule has 6 heteroatoms. The SMILES string of the molecule is NCc1cc(C(=O)NCCSCCCO)ccn1. The van der Waals surface area contributed by atoms with Crippen LogP contribution in [0.1, 0.15) is 22.5 Å². The number of carbonyl (C=O) groups excluding carboxylic acids is 1. The van der Waals surface area contributed by atoms with Gasteiger partial charge in [0, 0.05) is 37.2 Å². The maximum Gasteiger partial charge on any atom is 0.251 e. The summed E-state index contributed by atoms with van der Waals surface area (Å²) in [5.74, 6) is 1.66. The zero-order valence-corrected chi connectivity index (χ0v) is 11.1. The van der Waals surface area contributed by atoms with Crippen LogP contribution in [0.5, 0.6) is 0 Å². The number of aliphatic hydroxyl groups excluding tert-OH is 1. The Hall–Kier alpha value is -1.11. The van der Waals surface area contributed by atoms with E-state index in [-0.39, 0.29) is 12.5 Å². The molecule has 0 bridgehead atoms. The monoisotopic (exact) mass is 269 g/mol. The summed E-state index contributed by atoms with van der Waals surface area (Å²) in [6.07, 6.45) is 2.38. The number of nitrogens with zero attached hydrogens (tertiary/aromatic N) is 1. The Labute approximate surface area is 111 Å². The van der Waals surface area contributed by atoms with Gasteiger partial charge < -0.3 is 16.2 Å². The van der Waals surface area contributed by atoms with Crippen molar-refractivity contribution >= 4 is 17.7 Å². The number of nitrogens with one attached hydrogen (secondary N) is 1. The van der Waals surface area contributed by atoms with Gasteiger partial charge in [-0.05, 0) is 24.3 Å². The quantitative estimate of drug-likeness (QED) is 0.594. The van der Waals surface area contributed by atoms with Crippen molar-refractivity contribution in [1.82, 2.24) is 10.3 Å². The number of amides is 1. The molecule has 0 unspecified atom stereocenters. The van der Waals surface area contributed by atoms with E-state index in [4.69, 9.17) is 10.8 Å². The molecule has 18 heavy (non-hydrogen) atoms. The summed E-state index contributed by atoms with van der Waals surface area (Å²) >= 11 is 1.72. The highest BCUT2D eigenvalue weighted by Crippen LogP contribution is 2.03. The van der Waals surface area contributed by atoms with E-state index in [1.165, 1.54) is 0 Å². The van der Waals surface area contributed by atoms with Gasteiger partial charge in [0.15, 0.2) is 0 Å². The molecule has 0 spiro atoms. The lowest BCUT2D eigenvalue weighted by atomic mass is 10.2. The standard InChI is InChI=1S/C12H19N3O2S/c13-9-11-8-10(2-3-14-11)12(17)15-4-7-18-6-1-5-16/h2-3,8,16H,1,4-7,9,13H2,(H,15,17). The minimum Gasteiger partial charge on any atom is -0.396 e. The van der Waals surface area contributed by atoms with Gasteiger partial charge in [-0.15, -0.1) is 0 Å². The van der Waals surface area contributed by atoms with Gasteiger partial charge in [-0.25, -0.2) is 0 Å². The van der Waals surface area contributed by atoms with E-state index < -0.39 is 0 Å². The zero-order chi connectivity index (χ0) is 13.2. The van der Waals surface area contributed by atoms with Crippen LogP contribution >= 0.6 is 11.8 Å². The number of pyridine rings is 1. The Balaban J connectivity index is 2.27. The van der Waals surface area contributed by atoms with Crippen molar-refractivity contribution in [2.45, 2.75) is 13.0 Å². The molecular weight excluding hydrogens is 250 g/mol. The number of nitrogens with two attached hydrogens (primary N) is 1. The Bertz CT molecular complexity index is 374. The molecule has 5 nitrogen and oxygen atoms in total. The molecule has 0 atom stereocenters. The minimum atomic E-state index is -0.102. The summed E-state index contributed by atoms with van der Waals surface area (Å²) < 4.78 is 0. The van der Waals surface area contributed by atoms with Crippen molar-refractivity contribution in [2.75, 3.05) is 24.7 Å². The van der Waals surface area contributed by atoms with E-state index in [1.54, 1.807) is 30.1 Å². The van der Waals surface area contributed by atoms with Crippen LogP contribution in [0, 0.1) is 0 Å². The number of aromatic nitrogens is 1. The first kappa shape index (κ1) is 14.9. The van der Waals surface area contributed by atoms with Crippen molar-refractivity contribution in [3.05, 3.63) is 29.6 Å². The molecule has 0 fully saturated rings. The highest BCUT2D eigenvalue weighted by molar-refractivity contribution is 7.99. The largest absolute Gasteiger partial charge is 0.396 e. The second-order valence-corrected chi connectivity index (χ2v) is 4.91. The summed E-state index contributed by atoms with van der Waals surface area (Å²) in [4.78, 5) is 15.8. The Morgan fingerprint density at radius 1 is 1.50 bits per heavy atom. The van der Waals surface area contributed by atoms with Gasteiger partial charge in [0.2, 0.25) is 0 Å². The van der Waals surface area contributed by atoms with E-state index in [0.29, 0.717) is 24.3 Å². The van der Waals surface area contributed by atoms with E-state index >= 15 is 0 Å². The lowest BCUT2D eigenvalue weighted by Gasteiger charge is -2.05. The summed E-state index contributed by atoms with van der Waals surface area (Å²) in [6, 6.07) is 3.38. The third-order valence-corrected chi connectivity index (χ3v) is 3.34. The Kier molecular flexibility index (Phi) is 7.40. The molecule has 1 aromatic rings. The average Bonchev–Trinajstić information content (AvgIpc) is 2.42. The molecule has 1 aromatic heterocycles. The highest BCUT2D eigenvalue weighted by atomic mass is 32.2. The Morgan fingerprint density at radius 3 is 3.06 bits per heavy atom. The second kappa shape index (κ2) is 8.91. The van der Waals surface area contributed by atoms with E-state index in [2.05, 4.69) is 10.3 Å². The van der Waals surface area contributed by atoms with Crippen LogP contribution in [0.25, 0.3) is 0 Å².